The molecule has 1 aliphatic rings. The van der Waals surface area contributed by atoms with Crippen molar-refractivity contribution in [2.75, 3.05) is 32.7 Å². The summed E-state index contributed by atoms with van der Waals surface area (Å²) in [5.74, 6) is 0.571. The molecule has 1 heterocycles. The van der Waals surface area contributed by atoms with Gasteiger partial charge in [0.25, 0.3) is 0 Å². The first kappa shape index (κ1) is 14.7. The lowest BCUT2D eigenvalue weighted by Gasteiger charge is -2.33. The van der Waals surface area contributed by atoms with Crippen molar-refractivity contribution in [3.63, 3.8) is 0 Å². The fraction of sp³-hybridized carbons (Fsp3) is 0.769. The lowest BCUT2D eigenvalue weighted by molar-refractivity contribution is -0.136. The van der Waals surface area contributed by atoms with E-state index in [1.807, 2.05) is 18.7 Å². The van der Waals surface area contributed by atoms with E-state index < -0.39 is 0 Å². The van der Waals surface area contributed by atoms with E-state index in [-0.39, 0.29) is 5.92 Å². The third-order valence-electron chi connectivity index (χ3n) is 3.41. The van der Waals surface area contributed by atoms with Gasteiger partial charge < -0.3 is 4.90 Å². The van der Waals surface area contributed by atoms with Crippen LogP contribution < -0.4 is 0 Å². The molecule has 17 heavy (non-hydrogen) atoms. The molecule has 0 aliphatic carbocycles. The van der Waals surface area contributed by atoms with Crippen LogP contribution >= 0.6 is 15.9 Å². The molecule has 0 radical (unpaired) electrons. The maximum Gasteiger partial charge on any atom is 0.225 e. The number of amides is 1. The van der Waals surface area contributed by atoms with Gasteiger partial charge in [0.15, 0.2) is 0 Å². The van der Waals surface area contributed by atoms with E-state index in [1.165, 1.54) is 0 Å². The minimum atomic E-state index is 0.231. The summed E-state index contributed by atoms with van der Waals surface area (Å²) >= 11 is 3.39. The standard InChI is InChI=1S/C13H23BrN2O/c1-4-16(5-2)13(17)12-6-8-15(9-7-12)10-11(3)14/h12H,3-10H2,1-2H3. The van der Waals surface area contributed by atoms with Crippen molar-refractivity contribution in [2.24, 2.45) is 5.92 Å². The molecular weight excluding hydrogens is 280 g/mol. The van der Waals surface area contributed by atoms with Crippen LogP contribution in [-0.4, -0.2) is 48.4 Å². The molecule has 1 fully saturated rings. The van der Waals surface area contributed by atoms with Crippen LogP contribution in [0, 0.1) is 5.92 Å². The molecule has 0 N–H and O–H groups in total. The Morgan fingerprint density at radius 2 is 1.88 bits per heavy atom. The average molecular weight is 303 g/mol. The van der Waals surface area contributed by atoms with Gasteiger partial charge in [-0.25, -0.2) is 0 Å². The number of carbonyl (C=O) groups is 1. The Morgan fingerprint density at radius 3 is 2.29 bits per heavy atom. The monoisotopic (exact) mass is 302 g/mol. The molecule has 0 atom stereocenters. The van der Waals surface area contributed by atoms with Gasteiger partial charge in [-0.1, -0.05) is 22.5 Å². The SMILES string of the molecule is C=C(Br)CN1CCC(C(=O)N(CC)CC)CC1. The first-order valence-corrected chi connectivity index (χ1v) is 7.22. The number of hydrogen-bond acceptors (Lipinski definition) is 2. The number of rotatable bonds is 5. The summed E-state index contributed by atoms with van der Waals surface area (Å²) in [7, 11) is 0. The molecule has 1 rings (SSSR count). The maximum absolute atomic E-state index is 12.2. The molecular formula is C13H23BrN2O. The molecule has 0 aromatic heterocycles. The first-order valence-electron chi connectivity index (χ1n) is 6.42. The van der Waals surface area contributed by atoms with Crippen LogP contribution in [0.2, 0.25) is 0 Å². The zero-order valence-corrected chi connectivity index (χ0v) is 12.5. The fourth-order valence-electron chi connectivity index (χ4n) is 2.37. The van der Waals surface area contributed by atoms with E-state index in [9.17, 15) is 4.79 Å². The third-order valence-corrected chi connectivity index (χ3v) is 3.66. The van der Waals surface area contributed by atoms with E-state index in [0.29, 0.717) is 5.91 Å². The second kappa shape index (κ2) is 7.17. The van der Waals surface area contributed by atoms with Crippen LogP contribution in [0.5, 0.6) is 0 Å². The third kappa shape index (κ3) is 4.43. The topological polar surface area (TPSA) is 23.6 Å². The van der Waals surface area contributed by atoms with Gasteiger partial charge in [0.2, 0.25) is 5.91 Å². The summed E-state index contributed by atoms with van der Waals surface area (Å²) in [6.45, 7) is 12.5. The Morgan fingerprint density at radius 1 is 1.35 bits per heavy atom. The molecule has 1 saturated heterocycles. The van der Waals surface area contributed by atoms with Gasteiger partial charge in [-0.15, -0.1) is 0 Å². The lowest BCUT2D eigenvalue weighted by atomic mass is 9.95. The van der Waals surface area contributed by atoms with Gasteiger partial charge in [-0.2, -0.15) is 0 Å². The Balaban J connectivity index is 2.40. The molecule has 98 valence electrons. The maximum atomic E-state index is 12.2. The minimum Gasteiger partial charge on any atom is -0.343 e. The van der Waals surface area contributed by atoms with Crippen molar-refractivity contribution in [1.82, 2.24) is 9.80 Å². The Hall–Kier alpha value is -0.350. The molecule has 0 aromatic rings. The van der Waals surface area contributed by atoms with Gasteiger partial charge >= 0.3 is 0 Å². The van der Waals surface area contributed by atoms with Gasteiger partial charge in [0.05, 0.1) is 0 Å². The van der Waals surface area contributed by atoms with E-state index in [0.717, 1.165) is 50.0 Å². The highest BCUT2D eigenvalue weighted by atomic mass is 79.9. The van der Waals surface area contributed by atoms with Crippen LogP contribution in [0.1, 0.15) is 26.7 Å². The van der Waals surface area contributed by atoms with Crippen molar-refractivity contribution in [3.05, 3.63) is 11.1 Å². The molecule has 0 unspecified atom stereocenters. The Kier molecular flexibility index (Phi) is 6.20. The molecule has 1 aliphatic heterocycles. The zero-order valence-electron chi connectivity index (χ0n) is 10.9. The highest BCUT2D eigenvalue weighted by Crippen LogP contribution is 2.20. The van der Waals surface area contributed by atoms with Gasteiger partial charge in [-0.3, -0.25) is 9.69 Å². The minimum absolute atomic E-state index is 0.231. The average Bonchev–Trinajstić information content (AvgIpc) is 2.30. The molecule has 3 nitrogen and oxygen atoms in total. The molecule has 1 amide bonds. The van der Waals surface area contributed by atoms with Crippen LogP contribution in [0.3, 0.4) is 0 Å². The second-order valence-corrected chi connectivity index (χ2v) is 5.70. The highest BCUT2D eigenvalue weighted by molar-refractivity contribution is 9.11. The predicted molar refractivity (Wildman–Crippen MR) is 75.2 cm³/mol. The van der Waals surface area contributed by atoms with E-state index in [4.69, 9.17) is 0 Å². The fourth-order valence-corrected chi connectivity index (χ4v) is 2.73. The van der Waals surface area contributed by atoms with Gasteiger partial charge in [-0.05, 0) is 39.8 Å². The lowest BCUT2D eigenvalue weighted by Crippen LogP contribution is -2.42. The zero-order chi connectivity index (χ0) is 12.8. The molecule has 0 aromatic carbocycles. The molecule has 0 bridgehead atoms. The van der Waals surface area contributed by atoms with Crippen molar-refractivity contribution < 1.29 is 4.79 Å². The second-order valence-electron chi connectivity index (χ2n) is 4.58. The van der Waals surface area contributed by atoms with E-state index in [2.05, 4.69) is 27.4 Å². The molecule has 0 saturated carbocycles. The number of carbonyl (C=O) groups excluding carboxylic acids is 1. The quantitative estimate of drug-likeness (QED) is 0.779. The van der Waals surface area contributed by atoms with Crippen LogP contribution in [-0.2, 0) is 4.79 Å². The summed E-state index contributed by atoms with van der Waals surface area (Å²) in [5.41, 5.74) is 0. The van der Waals surface area contributed by atoms with Gasteiger partial charge in [0, 0.05) is 30.0 Å². The Bertz CT molecular complexity index is 269. The largest absolute Gasteiger partial charge is 0.343 e. The normalized spacial score (nSPS) is 18.1. The number of likely N-dealkylation sites (tertiary alicyclic amines) is 1. The number of halogens is 1. The van der Waals surface area contributed by atoms with Crippen LogP contribution in [0.25, 0.3) is 0 Å². The van der Waals surface area contributed by atoms with E-state index in [1.54, 1.807) is 0 Å². The van der Waals surface area contributed by atoms with Crippen molar-refractivity contribution >= 4 is 21.8 Å². The summed E-state index contributed by atoms with van der Waals surface area (Å²) in [5, 5.41) is 0. The number of piperidine rings is 1. The van der Waals surface area contributed by atoms with Crippen molar-refractivity contribution in [3.8, 4) is 0 Å². The highest BCUT2D eigenvalue weighted by Gasteiger charge is 2.27. The number of nitrogens with zero attached hydrogens (tertiary/aromatic N) is 2. The summed E-state index contributed by atoms with van der Waals surface area (Å²) < 4.78 is 1.02. The molecule has 4 heteroatoms. The summed E-state index contributed by atoms with van der Waals surface area (Å²) in [6, 6.07) is 0. The van der Waals surface area contributed by atoms with Crippen LogP contribution in [0.4, 0.5) is 0 Å². The summed E-state index contributed by atoms with van der Waals surface area (Å²) in [4.78, 5) is 16.5. The molecule has 0 spiro atoms. The van der Waals surface area contributed by atoms with Crippen LogP contribution in [0.15, 0.2) is 11.1 Å². The summed E-state index contributed by atoms with van der Waals surface area (Å²) in [6.07, 6.45) is 1.96. The van der Waals surface area contributed by atoms with Crippen molar-refractivity contribution in [2.45, 2.75) is 26.7 Å². The van der Waals surface area contributed by atoms with E-state index >= 15 is 0 Å². The van der Waals surface area contributed by atoms with Crippen molar-refractivity contribution in [1.29, 1.82) is 0 Å². The van der Waals surface area contributed by atoms with Gasteiger partial charge in [0.1, 0.15) is 0 Å². The number of hydrogen-bond donors (Lipinski definition) is 0. The first-order chi connectivity index (χ1) is 8.08. The Labute approximate surface area is 113 Å². The predicted octanol–water partition coefficient (Wildman–Crippen LogP) is 2.48. The smallest absolute Gasteiger partial charge is 0.225 e.